The van der Waals surface area contributed by atoms with Crippen LogP contribution in [0.15, 0.2) is 18.2 Å². The van der Waals surface area contributed by atoms with Gasteiger partial charge < -0.3 is 10.2 Å². The van der Waals surface area contributed by atoms with E-state index in [0.29, 0.717) is 17.7 Å². The maximum Gasteiger partial charge on any atom is 0.243 e. The number of nitrogens with zero attached hydrogens (tertiary/aromatic N) is 1. The number of benzene rings is 1. The lowest BCUT2D eigenvalue weighted by Crippen LogP contribution is -2.34. The zero-order valence-corrected chi connectivity index (χ0v) is 11.3. The number of aryl methyl sites for hydroxylation is 1. The topological polar surface area (TPSA) is 60.8 Å². The highest BCUT2D eigenvalue weighted by Crippen LogP contribution is 2.30. The van der Waals surface area contributed by atoms with Crippen molar-refractivity contribution in [2.45, 2.75) is 26.4 Å². The van der Waals surface area contributed by atoms with Gasteiger partial charge in [-0.3, -0.25) is 9.69 Å². The van der Waals surface area contributed by atoms with Gasteiger partial charge in [-0.25, -0.2) is 0 Å². The summed E-state index contributed by atoms with van der Waals surface area (Å²) < 4.78 is 0. The highest BCUT2D eigenvalue weighted by molar-refractivity contribution is 6.29. The molecule has 1 atom stereocenters. The van der Waals surface area contributed by atoms with Crippen LogP contribution in [0, 0.1) is 0 Å². The summed E-state index contributed by atoms with van der Waals surface area (Å²) >= 11 is 5.54. The molecule has 1 aromatic rings. The molecule has 1 aromatic carbocycles. The number of hydrogen-bond donors (Lipinski definition) is 2. The van der Waals surface area contributed by atoms with Crippen molar-refractivity contribution >= 4 is 23.2 Å². The maximum absolute atomic E-state index is 11.7. The summed E-state index contributed by atoms with van der Waals surface area (Å²) in [5, 5.41) is 19.1. The average molecular weight is 272 g/mol. The van der Waals surface area contributed by atoms with Crippen LogP contribution in [0.25, 0.3) is 0 Å². The smallest absolute Gasteiger partial charge is 0.243 e. The lowest BCUT2D eigenvalue weighted by Gasteiger charge is -2.26. The average Bonchev–Trinajstić information content (AvgIpc) is 2.39. The van der Waals surface area contributed by atoms with Crippen molar-refractivity contribution in [3.05, 3.63) is 29.3 Å². The molecule has 0 aliphatic rings. The Balaban J connectivity index is 3.37. The van der Waals surface area contributed by atoms with Gasteiger partial charge in [-0.05, 0) is 18.9 Å². The summed E-state index contributed by atoms with van der Waals surface area (Å²) in [6.45, 7) is 3.12. The van der Waals surface area contributed by atoms with Crippen molar-refractivity contribution in [2.24, 2.45) is 0 Å². The third-order valence-corrected chi connectivity index (χ3v) is 3.04. The van der Waals surface area contributed by atoms with Crippen molar-refractivity contribution in [3.63, 3.8) is 0 Å². The number of anilines is 1. The summed E-state index contributed by atoms with van der Waals surface area (Å²) in [5.41, 5.74) is 2.06. The number of alkyl halides is 1. The van der Waals surface area contributed by atoms with Gasteiger partial charge in [0.25, 0.3) is 0 Å². The molecule has 0 bridgehead atoms. The fourth-order valence-corrected chi connectivity index (χ4v) is 2.05. The Morgan fingerprint density at radius 3 is 2.61 bits per heavy atom. The summed E-state index contributed by atoms with van der Waals surface area (Å²) in [4.78, 5) is 12.9. The van der Waals surface area contributed by atoms with Crippen LogP contribution < -0.4 is 4.90 Å². The maximum atomic E-state index is 11.7. The monoisotopic (exact) mass is 271 g/mol. The zero-order chi connectivity index (χ0) is 13.7. The third-order valence-electron chi connectivity index (χ3n) is 2.81. The van der Waals surface area contributed by atoms with E-state index in [1.54, 1.807) is 13.0 Å². The third kappa shape index (κ3) is 3.02. The van der Waals surface area contributed by atoms with E-state index in [4.69, 9.17) is 11.6 Å². The Kier molecular flexibility index (Phi) is 5.59. The SMILES string of the molecule is CCc1cccc(C(C)O)c1N(CO)C(=O)CCl. The van der Waals surface area contributed by atoms with Gasteiger partial charge in [-0.15, -0.1) is 11.6 Å². The first-order chi connectivity index (χ1) is 8.56. The molecule has 0 aliphatic heterocycles. The molecule has 100 valence electrons. The molecule has 2 N–H and O–H groups in total. The van der Waals surface area contributed by atoms with E-state index < -0.39 is 12.8 Å². The van der Waals surface area contributed by atoms with Crippen molar-refractivity contribution in [3.8, 4) is 0 Å². The number of hydrogen-bond acceptors (Lipinski definition) is 3. The first kappa shape index (κ1) is 15.0. The molecular formula is C13H18ClNO3. The van der Waals surface area contributed by atoms with E-state index in [9.17, 15) is 15.0 Å². The van der Waals surface area contributed by atoms with Crippen molar-refractivity contribution < 1.29 is 15.0 Å². The number of amides is 1. The second-order valence-electron chi connectivity index (χ2n) is 3.98. The number of halogens is 1. The number of rotatable bonds is 5. The van der Waals surface area contributed by atoms with Gasteiger partial charge in [0.2, 0.25) is 5.91 Å². The molecule has 0 aliphatic carbocycles. The van der Waals surface area contributed by atoms with Crippen LogP contribution in [0.3, 0.4) is 0 Å². The van der Waals surface area contributed by atoms with Crippen LogP contribution in [-0.2, 0) is 11.2 Å². The number of carbonyl (C=O) groups is 1. The highest BCUT2D eigenvalue weighted by Gasteiger charge is 2.21. The Bertz CT molecular complexity index is 421. The molecule has 5 heteroatoms. The molecule has 0 aromatic heterocycles. The van der Waals surface area contributed by atoms with Gasteiger partial charge in [-0.2, -0.15) is 0 Å². The molecular weight excluding hydrogens is 254 g/mol. The van der Waals surface area contributed by atoms with Gasteiger partial charge in [0.1, 0.15) is 12.6 Å². The van der Waals surface area contributed by atoms with E-state index in [-0.39, 0.29) is 11.8 Å². The van der Waals surface area contributed by atoms with Crippen LogP contribution in [0.4, 0.5) is 5.69 Å². The van der Waals surface area contributed by atoms with Gasteiger partial charge in [0.15, 0.2) is 0 Å². The molecule has 1 unspecified atom stereocenters. The first-order valence-corrected chi connectivity index (χ1v) is 6.37. The van der Waals surface area contributed by atoms with Gasteiger partial charge in [-0.1, -0.05) is 25.1 Å². The number of para-hydroxylation sites is 1. The summed E-state index contributed by atoms with van der Waals surface area (Å²) in [6, 6.07) is 5.43. The minimum Gasteiger partial charge on any atom is -0.389 e. The molecule has 0 spiro atoms. The molecule has 4 nitrogen and oxygen atoms in total. The van der Waals surface area contributed by atoms with E-state index >= 15 is 0 Å². The molecule has 0 saturated carbocycles. The molecule has 0 heterocycles. The molecule has 0 saturated heterocycles. The highest BCUT2D eigenvalue weighted by atomic mass is 35.5. The fourth-order valence-electron chi connectivity index (χ4n) is 1.91. The Morgan fingerprint density at radius 2 is 2.17 bits per heavy atom. The van der Waals surface area contributed by atoms with E-state index in [1.807, 2.05) is 19.1 Å². The summed E-state index contributed by atoms with van der Waals surface area (Å²) in [7, 11) is 0. The molecule has 0 radical (unpaired) electrons. The number of aliphatic hydroxyl groups excluding tert-OH is 2. The fraction of sp³-hybridized carbons (Fsp3) is 0.462. The predicted octanol–water partition coefficient (Wildman–Crippen LogP) is 1.82. The Hall–Kier alpha value is -1.10. The Morgan fingerprint density at radius 1 is 1.50 bits per heavy atom. The number of aliphatic hydroxyl groups is 2. The lowest BCUT2D eigenvalue weighted by atomic mass is 10.0. The van der Waals surface area contributed by atoms with Gasteiger partial charge in [0.05, 0.1) is 11.8 Å². The van der Waals surface area contributed by atoms with Crippen LogP contribution >= 0.6 is 11.6 Å². The lowest BCUT2D eigenvalue weighted by molar-refractivity contribution is -0.117. The second-order valence-corrected chi connectivity index (χ2v) is 4.25. The van der Waals surface area contributed by atoms with Crippen LogP contribution in [-0.4, -0.2) is 28.7 Å². The van der Waals surface area contributed by atoms with Crippen molar-refractivity contribution in [1.29, 1.82) is 0 Å². The Labute approximate surface area is 112 Å². The minimum absolute atomic E-state index is 0.210. The normalized spacial score (nSPS) is 12.3. The standard InChI is InChI=1S/C13H18ClNO3/c1-3-10-5-4-6-11(9(2)17)13(10)15(8-16)12(18)7-14/h4-6,9,16-17H,3,7-8H2,1-2H3. The molecule has 0 fully saturated rings. The van der Waals surface area contributed by atoms with Crippen molar-refractivity contribution in [1.82, 2.24) is 0 Å². The quantitative estimate of drug-likeness (QED) is 0.634. The van der Waals surface area contributed by atoms with Crippen LogP contribution in [0.5, 0.6) is 0 Å². The minimum atomic E-state index is -0.719. The summed E-state index contributed by atoms with van der Waals surface area (Å²) in [5.74, 6) is -0.598. The number of carbonyl (C=O) groups excluding carboxylic acids is 1. The van der Waals surface area contributed by atoms with E-state index in [0.717, 1.165) is 5.56 Å². The summed E-state index contributed by atoms with van der Waals surface area (Å²) in [6.07, 6.45) is -0.0224. The molecule has 1 amide bonds. The van der Waals surface area contributed by atoms with Gasteiger partial charge in [0, 0.05) is 5.56 Å². The zero-order valence-electron chi connectivity index (χ0n) is 10.6. The van der Waals surface area contributed by atoms with Gasteiger partial charge >= 0.3 is 0 Å². The van der Waals surface area contributed by atoms with E-state index in [2.05, 4.69) is 0 Å². The predicted molar refractivity (Wildman–Crippen MR) is 71.7 cm³/mol. The van der Waals surface area contributed by atoms with Crippen LogP contribution in [0.1, 0.15) is 31.1 Å². The molecule has 1 rings (SSSR count). The first-order valence-electron chi connectivity index (χ1n) is 5.83. The van der Waals surface area contributed by atoms with Crippen LogP contribution in [0.2, 0.25) is 0 Å². The van der Waals surface area contributed by atoms with E-state index in [1.165, 1.54) is 4.90 Å². The largest absolute Gasteiger partial charge is 0.389 e. The molecule has 18 heavy (non-hydrogen) atoms. The van der Waals surface area contributed by atoms with Crippen molar-refractivity contribution in [2.75, 3.05) is 17.5 Å². The second kappa shape index (κ2) is 6.73.